The van der Waals surface area contributed by atoms with Crippen molar-refractivity contribution in [1.29, 1.82) is 0 Å². The lowest BCUT2D eigenvalue weighted by Crippen LogP contribution is -2.46. The van der Waals surface area contributed by atoms with Crippen molar-refractivity contribution >= 4 is 0 Å². The summed E-state index contributed by atoms with van der Waals surface area (Å²) >= 11 is 0. The molecule has 0 amide bonds. The maximum atomic E-state index is 2.66. The number of piperazine rings is 1. The maximum Gasteiger partial charge on any atom is 0.0110 e. The minimum Gasteiger partial charge on any atom is -0.301 e. The highest BCUT2D eigenvalue weighted by Crippen LogP contribution is 2.09. The van der Waals surface area contributed by atoms with Crippen LogP contribution < -0.4 is 0 Å². The summed E-state index contributed by atoms with van der Waals surface area (Å²) in [6.07, 6.45) is 7.72. The van der Waals surface area contributed by atoms with Gasteiger partial charge in [0, 0.05) is 26.2 Å². The lowest BCUT2D eigenvalue weighted by atomic mass is 10.1. The van der Waals surface area contributed by atoms with E-state index in [1.165, 1.54) is 88.9 Å². The molecule has 0 N–H and O–H groups in total. The SMILES string of the molecule is c1ccc(CCCCN2CCN(CCCCc3ccccc3)CC2)cc1. The summed E-state index contributed by atoms with van der Waals surface area (Å²) in [7, 11) is 0. The molecule has 2 nitrogen and oxygen atoms in total. The summed E-state index contributed by atoms with van der Waals surface area (Å²) in [4.78, 5) is 5.32. The predicted octanol–water partition coefficient (Wildman–Crippen LogP) is 4.65. The third kappa shape index (κ3) is 6.93. The highest BCUT2D eigenvalue weighted by Gasteiger charge is 2.15. The van der Waals surface area contributed by atoms with Crippen molar-refractivity contribution in [3.05, 3.63) is 71.8 Å². The van der Waals surface area contributed by atoms with Gasteiger partial charge in [-0.3, -0.25) is 0 Å². The van der Waals surface area contributed by atoms with Gasteiger partial charge in [-0.15, -0.1) is 0 Å². The second-order valence-corrected chi connectivity index (χ2v) is 7.57. The van der Waals surface area contributed by atoms with Crippen molar-refractivity contribution in [1.82, 2.24) is 9.80 Å². The van der Waals surface area contributed by atoms with Crippen LogP contribution in [0.25, 0.3) is 0 Å². The van der Waals surface area contributed by atoms with Crippen LogP contribution in [0.2, 0.25) is 0 Å². The standard InChI is InChI=1S/C24H34N2/c1-3-11-23(12-4-1)15-7-9-17-25-19-21-26(22-20-25)18-10-8-16-24-13-5-2-6-14-24/h1-6,11-14H,7-10,15-22H2. The molecule has 2 heteroatoms. The van der Waals surface area contributed by atoms with Crippen LogP contribution in [-0.4, -0.2) is 49.1 Å². The molecule has 0 bridgehead atoms. The van der Waals surface area contributed by atoms with E-state index >= 15 is 0 Å². The summed E-state index contributed by atoms with van der Waals surface area (Å²) in [5.74, 6) is 0. The largest absolute Gasteiger partial charge is 0.301 e. The molecule has 1 aliphatic heterocycles. The predicted molar refractivity (Wildman–Crippen MR) is 112 cm³/mol. The molecule has 3 rings (SSSR count). The van der Waals surface area contributed by atoms with Gasteiger partial charge >= 0.3 is 0 Å². The van der Waals surface area contributed by atoms with Gasteiger partial charge in [-0.2, -0.15) is 0 Å². The van der Waals surface area contributed by atoms with E-state index in [-0.39, 0.29) is 0 Å². The van der Waals surface area contributed by atoms with Crippen LogP contribution in [0.3, 0.4) is 0 Å². The van der Waals surface area contributed by atoms with Crippen LogP contribution in [-0.2, 0) is 12.8 Å². The molecule has 1 saturated heterocycles. The fourth-order valence-electron chi connectivity index (χ4n) is 3.85. The van der Waals surface area contributed by atoms with Crippen molar-refractivity contribution in [3.63, 3.8) is 0 Å². The molecule has 0 aliphatic carbocycles. The van der Waals surface area contributed by atoms with Crippen molar-refractivity contribution in [3.8, 4) is 0 Å². The van der Waals surface area contributed by atoms with Gasteiger partial charge in [-0.1, -0.05) is 60.7 Å². The monoisotopic (exact) mass is 350 g/mol. The first-order chi connectivity index (χ1) is 12.9. The average molecular weight is 351 g/mol. The van der Waals surface area contributed by atoms with E-state index in [1.54, 1.807) is 0 Å². The Morgan fingerprint density at radius 1 is 0.500 bits per heavy atom. The summed E-state index contributed by atoms with van der Waals surface area (Å²) in [6, 6.07) is 21.8. The van der Waals surface area contributed by atoms with Gasteiger partial charge in [-0.25, -0.2) is 0 Å². The second-order valence-electron chi connectivity index (χ2n) is 7.57. The van der Waals surface area contributed by atoms with Crippen LogP contribution in [0, 0.1) is 0 Å². The zero-order valence-electron chi connectivity index (χ0n) is 16.2. The number of rotatable bonds is 10. The van der Waals surface area contributed by atoms with Crippen molar-refractivity contribution in [2.75, 3.05) is 39.3 Å². The van der Waals surface area contributed by atoms with Crippen molar-refractivity contribution < 1.29 is 0 Å². The zero-order valence-corrected chi connectivity index (χ0v) is 16.2. The number of aryl methyl sites for hydroxylation is 2. The third-order valence-electron chi connectivity index (χ3n) is 5.53. The summed E-state index contributed by atoms with van der Waals surface area (Å²) in [6.45, 7) is 7.56. The van der Waals surface area contributed by atoms with E-state index in [1.807, 2.05) is 0 Å². The molecule has 1 aliphatic rings. The van der Waals surface area contributed by atoms with Gasteiger partial charge in [0.05, 0.1) is 0 Å². The van der Waals surface area contributed by atoms with E-state index in [4.69, 9.17) is 0 Å². The molecule has 2 aromatic carbocycles. The minimum atomic E-state index is 1.22. The van der Waals surface area contributed by atoms with Gasteiger partial charge in [0.25, 0.3) is 0 Å². The van der Waals surface area contributed by atoms with Gasteiger partial charge in [0.2, 0.25) is 0 Å². The molecular weight excluding hydrogens is 316 g/mol. The summed E-state index contributed by atoms with van der Waals surface area (Å²) < 4.78 is 0. The van der Waals surface area contributed by atoms with Gasteiger partial charge in [0.1, 0.15) is 0 Å². The highest BCUT2D eigenvalue weighted by atomic mass is 15.3. The Labute approximate surface area is 159 Å². The fourth-order valence-corrected chi connectivity index (χ4v) is 3.85. The molecule has 0 atom stereocenters. The fraction of sp³-hybridized carbons (Fsp3) is 0.500. The van der Waals surface area contributed by atoms with Crippen LogP contribution in [0.4, 0.5) is 0 Å². The lowest BCUT2D eigenvalue weighted by molar-refractivity contribution is 0.129. The molecule has 26 heavy (non-hydrogen) atoms. The van der Waals surface area contributed by atoms with Crippen molar-refractivity contribution in [2.24, 2.45) is 0 Å². The lowest BCUT2D eigenvalue weighted by Gasteiger charge is -2.34. The quantitative estimate of drug-likeness (QED) is 0.576. The van der Waals surface area contributed by atoms with Gasteiger partial charge in [-0.05, 0) is 62.7 Å². The highest BCUT2D eigenvalue weighted by molar-refractivity contribution is 5.15. The minimum absolute atomic E-state index is 1.22. The number of hydrogen-bond acceptors (Lipinski definition) is 2. The molecule has 1 fully saturated rings. The van der Waals surface area contributed by atoms with Gasteiger partial charge in [0.15, 0.2) is 0 Å². The first-order valence-corrected chi connectivity index (χ1v) is 10.4. The summed E-state index contributed by atoms with van der Waals surface area (Å²) in [5.41, 5.74) is 2.96. The Bertz CT molecular complexity index is 533. The molecule has 0 spiro atoms. The van der Waals surface area contributed by atoms with Crippen LogP contribution in [0.15, 0.2) is 60.7 Å². The molecule has 1 heterocycles. The summed E-state index contributed by atoms with van der Waals surface area (Å²) in [5, 5.41) is 0. The number of nitrogens with zero attached hydrogens (tertiary/aromatic N) is 2. The van der Waals surface area contributed by atoms with Crippen LogP contribution in [0.1, 0.15) is 36.8 Å². The van der Waals surface area contributed by atoms with E-state index in [2.05, 4.69) is 70.5 Å². The van der Waals surface area contributed by atoms with E-state index in [0.29, 0.717) is 0 Å². The Morgan fingerprint density at radius 3 is 1.27 bits per heavy atom. The Balaban J connectivity index is 1.20. The van der Waals surface area contributed by atoms with Crippen LogP contribution >= 0.6 is 0 Å². The average Bonchev–Trinajstić information content (AvgIpc) is 2.71. The first-order valence-electron chi connectivity index (χ1n) is 10.4. The normalized spacial score (nSPS) is 16.0. The van der Waals surface area contributed by atoms with E-state index in [9.17, 15) is 0 Å². The topological polar surface area (TPSA) is 6.48 Å². The van der Waals surface area contributed by atoms with Gasteiger partial charge < -0.3 is 9.80 Å². The van der Waals surface area contributed by atoms with E-state index in [0.717, 1.165) is 0 Å². The smallest absolute Gasteiger partial charge is 0.0110 e. The van der Waals surface area contributed by atoms with Crippen LogP contribution in [0.5, 0.6) is 0 Å². The Morgan fingerprint density at radius 2 is 0.885 bits per heavy atom. The first kappa shape index (κ1) is 19.1. The molecule has 0 saturated carbocycles. The molecule has 2 aromatic rings. The Hall–Kier alpha value is -1.64. The molecule has 140 valence electrons. The van der Waals surface area contributed by atoms with E-state index < -0.39 is 0 Å². The third-order valence-corrected chi connectivity index (χ3v) is 5.53. The number of unbranched alkanes of at least 4 members (excludes halogenated alkanes) is 2. The molecular formula is C24H34N2. The molecule has 0 unspecified atom stereocenters. The molecule has 0 aromatic heterocycles. The molecule has 0 radical (unpaired) electrons. The number of hydrogen-bond donors (Lipinski definition) is 0. The maximum absolute atomic E-state index is 2.66. The second kappa shape index (κ2) is 11.2. The zero-order chi connectivity index (χ0) is 17.9. The number of benzene rings is 2. The van der Waals surface area contributed by atoms with Crippen molar-refractivity contribution in [2.45, 2.75) is 38.5 Å². The Kier molecular flexibility index (Phi) is 8.21.